The van der Waals surface area contributed by atoms with Crippen molar-refractivity contribution in [2.24, 2.45) is 0 Å². The van der Waals surface area contributed by atoms with Crippen molar-refractivity contribution in [3.05, 3.63) is 53.9 Å². The minimum Gasteiger partial charge on any atom is -0.361 e. The topological polar surface area (TPSA) is 89.5 Å². The molecule has 12 heteroatoms. The SMILES string of the molecule is CSCCN1CCN(C(=O)c2ccc(Nc3ncc(F)c(-c4cc(F)c5c(c4)N(C(C)C)C(C)N5)n3)nc2)CC1. The van der Waals surface area contributed by atoms with E-state index in [1.807, 2.05) is 42.3 Å². The summed E-state index contributed by atoms with van der Waals surface area (Å²) in [7, 11) is 0. The Balaban J connectivity index is 1.29. The molecule has 40 heavy (non-hydrogen) atoms. The van der Waals surface area contributed by atoms with Gasteiger partial charge in [0.2, 0.25) is 5.95 Å². The lowest BCUT2D eigenvalue weighted by atomic mass is 10.1. The molecule has 4 heterocycles. The number of pyridine rings is 1. The van der Waals surface area contributed by atoms with E-state index in [4.69, 9.17) is 0 Å². The Bertz CT molecular complexity index is 1370. The van der Waals surface area contributed by atoms with Gasteiger partial charge < -0.3 is 20.4 Å². The predicted octanol–water partition coefficient (Wildman–Crippen LogP) is 4.67. The van der Waals surface area contributed by atoms with Crippen molar-refractivity contribution in [3.63, 3.8) is 0 Å². The van der Waals surface area contributed by atoms with Crippen LogP contribution in [-0.4, -0.2) is 87.6 Å². The standard InChI is InChI=1S/C28H34F2N8OS/c1-17(2)38-18(3)33-26-21(29)13-20(14-23(26)38)25-22(30)16-32-28(35-25)34-24-6-5-19(15-31-24)27(39)37-9-7-36(8-10-37)11-12-40-4/h5-6,13-18,33H,7-12H2,1-4H3,(H,31,32,34,35). The number of piperazine rings is 1. The Labute approximate surface area is 237 Å². The van der Waals surface area contributed by atoms with Gasteiger partial charge in [-0.15, -0.1) is 0 Å². The molecule has 0 saturated carbocycles. The highest BCUT2D eigenvalue weighted by Crippen LogP contribution is 2.41. The highest BCUT2D eigenvalue weighted by atomic mass is 32.2. The second-order valence-electron chi connectivity index (χ2n) is 10.2. The molecule has 2 aliphatic heterocycles. The van der Waals surface area contributed by atoms with Gasteiger partial charge in [-0.05, 0) is 51.3 Å². The van der Waals surface area contributed by atoms with Gasteiger partial charge in [0.1, 0.15) is 17.3 Å². The summed E-state index contributed by atoms with van der Waals surface area (Å²) >= 11 is 1.82. The second kappa shape index (κ2) is 11.9. The zero-order valence-corrected chi connectivity index (χ0v) is 23.9. The molecular formula is C28H34F2N8OS. The van der Waals surface area contributed by atoms with Crippen LogP contribution in [0.4, 0.5) is 31.9 Å². The van der Waals surface area contributed by atoms with Crippen molar-refractivity contribution in [1.82, 2.24) is 24.8 Å². The molecule has 3 aromatic rings. The number of aromatic nitrogens is 3. The first-order chi connectivity index (χ1) is 19.2. The van der Waals surface area contributed by atoms with E-state index in [-0.39, 0.29) is 29.8 Å². The van der Waals surface area contributed by atoms with Gasteiger partial charge in [-0.1, -0.05) is 0 Å². The molecule has 2 N–H and O–H groups in total. The third-order valence-corrected chi connectivity index (χ3v) is 7.80. The molecule has 1 fully saturated rings. The van der Waals surface area contributed by atoms with Crippen molar-refractivity contribution >= 4 is 40.8 Å². The third-order valence-electron chi connectivity index (χ3n) is 7.21. The molecule has 1 amide bonds. The normalized spacial score (nSPS) is 17.2. The summed E-state index contributed by atoms with van der Waals surface area (Å²) in [5.74, 6) is 0.406. The number of fused-ring (bicyclic) bond motifs is 1. The van der Waals surface area contributed by atoms with Crippen LogP contribution in [0.15, 0.2) is 36.7 Å². The quantitative estimate of drug-likeness (QED) is 0.403. The molecule has 1 saturated heterocycles. The van der Waals surface area contributed by atoms with Crippen LogP contribution in [0.5, 0.6) is 0 Å². The van der Waals surface area contributed by atoms with Crippen molar-refractivity contribution < 1.29 is 13.6 Å². The number of nitrogens with one attached hydrogen (secondary N) is 2. The van der Waals surface area contributed by atoms with E-state index in [2.05, 4.69) is 36.7 Å². The monoisotopic (exact) mass is 568 g/mol. The fraction of sp³-hybridized carbons (Fsp3) is 0.429. The van der Waals surface area contributed by atoms with Gasteiger partial charge >= 0.3 is 0 Å². The molecule has 1 unspecified atom stereocenters. The number of carbonyl (C=O) groups excluding carboxylic acids is 1. The molecule has 5 rings (SSSR count). The smallest absolute Gasteiger partial charge is 0.255 e. The number of hydrogen-bond donors (Lipinski definition) is 2. The second-order valence-corrected chi connectivity index (χ2v) is 11.2. The first-order valence-electron chi connectivity index (χ1n) is 13.4. The predicted molar refractivity (Wildman–Crippen MR) is 156 cm³/mol. The van der Waals surface area contributed by atoms with E-state index in [0.29, 0.717) is 41.4 Å². The summed E-state index contributed by atoms with van der Waals surface area (Å²) in [4.78, 5) is 31.9. The van der Waals surface area contributed by atoms with Gasteiger partial charge in [0, 0.05) is 56.3 Å². The Hall–Kier alpha value is -3.51. The molecule has 0 bridgehead atoms. The lowest BCUT2D eigenvalue weighted by Gasteiger charge is -2.34. The van der Waals surface area contributed by atoms with Crippen molar-refractivity contribution in [2.75, 3.05) is 60.3 Å². The van der Waals surface area contributed by atoms with Crippen molar-refractivity contribution in [1.29, 1.82) is 0 Å². The average Bonchev–Trinajstić information content (AvgIpc) is 3.30. The van der Waals surface area contributed by atoms with Gasteiger partial charge in [0.15, 0.2) is 5.82 Å². The van der Waals surface area contributed by atoms with Gasteiger partial charge in [0.25, 0.3) is 5.91 Å². The van der Waals surface area contributed by atoms with E-state index < -0.39 is 11.6 Å². The average molecular weight is 569 g/mol. The number of rotatable bonds is 8. The summed E-state index contributed by atoms with van der Waals surface area (Å²) in [6.45, 7) is 10.1. The molecule has 0 aliphatic carbocycles. The van der Waals surface area contributed by atoms with E-state index >= 15 is 4.39 Å². The molecule has 2 aliphatic rings. The highest BCUT2D eigenvalue weighted by Gasteiger charge is 2.31. The zero-order valence-electron chi connectivity index (χ0n) is 23.1. The minimum atomic E-state index is -0.664. The number of nitrogens with zero attached hydrogens (tertiary/aromatic N) is 6. The third kappa shape index (κ3) is 5.83. The maximum Gasteiger partial charge on any atom is 0.255 e. The lowest BCUT2D eigenvalue weighted by molar-refractivity contribution is 0.0644. The number of halogens is 2. The van der Waals surface area contributed by atoms with Crippen molar-refractivity contribution in [3.8, 4) is 11.3 Å². The summed E-state index contributed by atoms with van der Waals surface area (Å²) in [6, 6.07) is 6.50. The van der Waals surface area contributed by atoms with Gasteiger partial charge in [0.05, 0.1) is 29.3 Å². The van der Waals surface area contributed by atoms with Crippen LogP contribution >= 0.6 is 11.8 Å². The molecule has 9 nitrogen and oxygen atoms in total. The van der Waals surface area contributed by atoms with Gasteiger partial charge in [-0.3, -0.25) is 9.69 Å². The van der Waals surface area contributed by atoms with Gasteiger partial charge in [-0.25, -0.2) is 23.7 Å². The molecule has 0 radical (unpaired) electrons. The largest absolute Gasteiger partial charge is 0.361 e. The van der Waals surface area contributed by atoms with E-state index in [1.54, 1.807) is 18.2 Å². The number of carbonyl (C=O) groups is 1. The van der Waals surface area contributed by atoms with E-state index in [0.717, 1.165) is 31.6 Å². The van der Waals surface area contributed by atoms with Crippen LogP contribution in [0.1, 0.15) is 31.1 Å². The minimum absolute atomic E-state index is 0.0223. The zero-order chi connectivity index (χ0) is 28.4. The number of amides is 1. The van der Waals surface area contributed by atoms with Gasteiger partial charge in [-0.2, -0.15) is 11.8 Å². The molecule has 2 aromatic heterocycles. The summed E-state index contributed by atoms with van der Waals surface area (Å²) in [5, 5.41) is 6.11. The lowest BCUT2D eigenvalue weighted by Crippen LogP contribution is -2.49. The van der Waals surface area contributed by atoms with Crippen LogP contribution in [-0.2, 0) is 0 Å². The molecule has 212 valence electrons. The Morgan fingerprint density at radius 1 is 1.12 bits per heavy atom. The van der Waals surface area contributed by atoms with Crippen LogP contribution in [0.2, 0.25) is 0 Å². The Morgan fingerprint density at radius 3 is 2.58 bits per heavy atom. The number of anilines is 4. The maximum absolute atomic E-state index is 15.0. The number of hydrogen-bond acceptors (Lipinski definition) is 9. The summed E-state index contributed by atoms with van der Waals surface area (Å²) in [6.07, 6.45) is 4.57. The van der Waals surface area contributed by atoms with Crippen LogP contribution in [0, 0.1) is 11.6 Å². The van der Waals surface area contributed by atoms with E-state index in [9.17, 15) is 9.18 Å². The fourth-order valence-corrected chi connectivity index (χ4v) is 5.64. The molecule has 1 atom stereocenters. The maximum atomic E-state index is 15.0. The van der Waals surface area contributed by atoms with Crippen LogP contribution < -0.4 is 15.5 Å². The van der Waals surface area contributed by atoms with Crippen LogP contribution in [0.25, 0.3) is 11.3 Å². The molecule has 0 spiro atoms. The molecular weight excluding hydrogens is 534 g/mol. The fourth-order valence-electron chi connectivity index (χ4n) is 5.20. The summed E-state index contributed by atoms with van der Waals surface area (Å²) in [5.41, 5.74) is 1.84. The first kappa shape index (κ1) is 28.0. The van der Waals surface area contributed by atoms with Crippen LogP contribution in [0.3, 0.4) is 0 Å². The Morgan fingerprint density at radius 2 is 1.90 bits per heavy atom. The number of benzene rings is 1. The Kier molecular flexibility index (Phi) is 8.36. The number of thioether (sulfide) groups is 1. The first-order valence-corrected chi connectivity index (χ1v) is 14.8. The molecule has 1 aromatic carbocycles. The summed E-state index contributed by atoms with van der Waals surface area (Å²) < 4.78 is 29.9. The van der Waals surface area contributed by atoms with Crippen molar-refractivity contribution in [2.45, 2.75) is 33.0 Å². The highest BCUT2D eigenvalue weighted by molar-refractivity contribution is 7.98. The van der Waals surface area contributed by atoms with E-state index in [1.165, 1.54) is 12.3 Å².